The van der Waals surface area contributed by atoms with Crippen molar-refractivity contribution in [3.05, 3.63) is 109 Å². The number of benzene rings is 5. The quantitative estimate of drug-likeness (QED) is 0.204. The van der Waals surface area contributed by atoms with Crippen LogP contribution in [0.5, 0.6) is 0 Å². The highest BCUT2D eigenvalue weighted by atomic mass is 14.8. The topological polar surface area (TPSA) is 25.8 Å². The van der Waals surface area contributed by atoms with Crippen LogP contribution in [-0.2, 0) is 0 Å². The average molecular weight is 406 g/mol. The Hall–Kier alpha value is -4.30. The van der Waals surface area contributed by atoms with Gasteiger partial charge in [-0.2, -0.15) is 0 Å². The minimum Gasteiger partial charge on any atom is -0.237 e. The van der Waals surface area contributed by atoms with Crippen molar-refractivity contribution in [1.82, 2.24) is 9.97 Å². The molecular weight excluding hydrogens is 388 g/mol. The van der Waals surface area contributed by atoms with Crippen molar-refractivity contribution in [3.63, 3.8) is 0 Å². The Morgan fingerprint density at radius 2 is 1.25 bits per heavy atom. The molecule has 0 bridgehead atoms. The van der Waals surface area contributed by atoms with Crippen molar-refractivity contribution in [2.75, 3.05) is 0 Å². The van der Waals surface area contributed by atoms with Crippen molar-refractivity contribution in [2.45, 2.75) is 0 Å². The summed E-state index contributed by atoms with van der Waals surface area (Å²) in [5.41, 5.74) is 4.24. The van der Waals surface area contributed by atoms with E-state index in [2.05, 4.69) is 102 Å². The molecule has 0 fully saturated rings. The highest BCUT2D eigenvalue weighted by Gasteiger charge is 2.09. The molecule has 0 radical (unpaired) electrons. The van der Waals surface area contributed by atoms with Crippen LogP contribution >= 0.6 is 0 Å². The molecule has 0 spiro atoms. The first-order valence-corrected chi connectivity index (χ1v) is 10.8. The molecule has 0 aliphatic carbocycles. The minimum atomic E-state index is 0.788. The highest BCUT2D eigenvalue weighted by molar-refractivity contribution is 6.12. The fourth-order valence-electron chi connectivity index (χ4n) is 4.85. The zero-order valence-electron chi connectivity index (χ0n) is 17.3. The van der Waals surface area contributed by atoms with Gasteiger partial charge in [0, 0.05) is 17.0 Å². The molecular formula is C30H18N2. The summed E-state index contributed by atoms with van der Waals surface area (Å²) in [7, 11) is 0. The molecule has 0 saturated carbocycles. The molecule has 7 rings (SSSR count). The van der Waals surface area contributed by atoms with E-state index in [9.17, 15) is 0 Å². The molecule has 5 aromatic carbocycles. The van der Waals surface area contributed by atoms with Crippen LogP contribution in [0.1, 0.15) is 0 Å². The van der Waals surface area contributed by atoms with Gasteiger partial charge in [0.15, 0.2) is 5.65 Å². The lowest BCUT2D eigenvalue weighted by Crippen LogP contribution is -1.88. The Labute approximate surface area is 184 Å². The van der Waals surface area contributed by atoms with Gasteiger partial charge in [0.05, 0.1) is 5.52 Å². The molecule has 2 aromatic heterocycles. The van der Waals surface area contributed by atoms with Crippen LogP contribution in [0.3, 0.4) is 0 Å². The maximum absolute atomic E-state index is 4.80. The number of nitrogens with zero attached hydrogens (tertiary/aromatic N) is 2. The van der Waals surface area contributed by atoms with Gasteiger partial charge < -0.3 is 0 Å². The summed E-state index contributed by atoms with van der Waals surface area (Å²) in [6.45, 7) is 0. The largest absolute Gasteiger partial charge is 0.237 e. The van der Waals surface area contributed by atoms with Gasteiger partial charge in [-0.1, -0.05) is 60.7 Å². The molecule has 0 amide bonds. The van der Waals surface area contributed by atoms with Crippen molar-refractivity contribution >= 4 is 54.3 Å². The lowest BCUT2D eigenvalue weighted by molar-refractivity contribution is 1.33. The maximum Gasteiger partial charge on any atom is 0.159 e. The molecule has 0 unspecified atom stereocenters. The van der Waals surface area contributed by atoms with E-state index in [1.54, 1.807) is 6.20 Å². The second-order valence-corrected chi connectivity index (χ2v) is 8.33. The van der Waals surface area contributed by atoms with Crippen molar-refractivity contribution in [2.24, 2.45) is 0 Å². The van der Waals surface area contributed by atoms with Gasteiger partial charge in [-0.3, -0.25) is 0 Å². The van der Waals surface area contributed by atoms with E-state index in [4.69, 9.17) is 4.98 Å². The molecule has 32 heavy (non-hydrogen) atoms. The van der Waals surface area contributed by atoms with E-state index in [-0.39, 0.29) is 0 Å². The first-order valence-electron chi connectivity index (χ1n) is 10.8. The maximum atomic E-state index is 4.80. The Morgan fingerprint density at radius 3 is 2.19 bits per heavy atom. The summed E-state index contributed by atoms with van der Waals surface area (Å²) in [6.07, 6.45) is 1.80. The van der Waals surface area contributed by atoms with Crippen LogP contribution in [0.15, 0.2) is 109 Å². The molecule has 0 atom stereocenters. The van der Waals surface area contributed by atoms with Crippen LogP contribution in [0.4, 0.5) is 0 Å². The molecule has 2 nitrogen and oxygen atoms in total. The second-order valence-electron chi connectivity index (χ2n) is 8.33. The lowest BCUT2D eigenvalue weighted by atomic mass is 9.93. The number of aromatic nitrogens is 2. The minimum absolute atomic E-state index is 0.788. The van der Waals surface area contributed by atoms with Crippen LogP contribution in [0.2, 0.25) is 0 Å². The zero-order chi connectivity index (χ0) is 21.1. The van der Waals surface area contributed by atoms with E-state index >= 15 is 0 Å². The van der Waals surface area contributed by atoms with E-state index < -0.39 is 0 Å². The molecule has 0 aliphatic rings. The van der Waals surface area contributed by atoms with E-state index in [1.165, 1.54) is 43.4 Å². The van der Waals surface area contributed by atoms with Crippen LogP contribution in [0, 0.1) is 0 Å². The Kier molecular flexibility index (Phi) is 3.58. The van der Waals surface area contributed by atoms with Gasteiger partial charge in [0.25, 0.3) is 0 Å². The predicted molar refractivity (Wildman–Crippen MR) is 135 cm³/mol. The molecule has 2 heterocycles. The van der Waals surface area contributed by atoms with Gasteiger partial charge in [0.2, 0.25) is 0 Å². The Balaban J connectivity index is 1.53. The van der Waals surface area contributed by atoms with Gasteiger partial charge >= 0.3 is 0 Å². The first kappa shape index (κ1) is 17.4. The SMILES string of the molecule is c1ccc2cc3c(-c4ccc5ccc6nc7ncccc7cc6c5c4)cccc3cc2c1. The van der Waals surface area contributed by atoms with Gasteiger partial charge in [-0.15, -0.1) is 0 Å². The van der Waals surface area contributed by atoms with Crippen molar-refractivity contribution in [3.8, 4) is 11.1 Å². The van der Waals surface area contributed by atoms with Crippen molar-refractivity contribution in [1.29, 1.82) is 0 Å². The third kappa shape index (κ3) is 2.60. The summed E-state index contributed by atoms with van der Waals surface area (Å²) in [6, 6.07) is 37.0. The molecule has 0 aliphatic heterocycles. The fraction of sp³-hybridized carbons (Fsp3) is 0. The molecule has 7 aromatic rings. The fourth-order valence-corrected chi connectivity index (χ4v) is 4.85. The third-order valence-corrected chi connectivity index (χ3v) is 6.44. The third-order valence-electron chi connectivity index (χ3n) is 6.44. The number of hydrogen-bond donors (Lipinski definition) is 0. The van der Waals surface area contributed by atoms with E-state index in [1.807, 2.05) is 6.07 Å². The average Bonchev–Trinajstić information content (AvgIpc) is 2.85. The van der Waals surface area contributed by atoms with Gasteiger partial charge in [0.1, 0.15) is 0 Å². The second kappa shape index (κ2) is 6.60. The molecule has 0 N–H and O–H groups in total. The van der Waals surface area contributed by atoms with Crippen LogP contribution in [0.25, 0.3) is 65.4 Å². The summed E-state index contributed by atoms with van der Waals surface area (Å²) in [5, 5.41) is 9.74. The Bertz CT molecular complexity index is 1830. The zero-order valence-corrected chi connectivity index (χ0v) is 17.3. The Morgan fingerprint density at radius 1 is 0.469 bits per heavy atom. The monoisotopic (exact) mass is 406 g/mol. The normalized spacial score (nSPS) is 11.8. The number of hydrogen-bond acceptors (Lipinski definition) is 2. The van der Waals surface area contributed by atoms with Crippen LogP contribution in [-0.4, -0.2) is 9.97 Å². The predicted octanol–water partition coefficient (Wildman–Crippen LogP) is 7.91. The smallest absolute Gasteiger partial charge is 0.159 e. The summed E-state index contributed by atoms with van der Waals surface area (Å²) in [5.74, 6) is 0. The number of rotatable bonds is 1. The van der Waals surface area contributed by atoms with E-state index in [0.29, 0.717) is 0 Å². The highest BCUT2D eigenvalue weighted by Crippen LogP contribution is 2.35. The summed E-state index contributed by atoms with van der Waals surface area (Å²) < 4.78 is 0. The summed E-state index contributed by atoms with van der Waals surface area (Å²) in [4.78, 5) is 9.23. The summed E-state index contributed by atoms with van der Waals surface area (Å²) >= 11 is 0. The molecule has 2 heteroatoms. The standard InChI is InChI=1S/C30H18N2/c1-2-6-21-16-27-22(15-20(21)5-1)7-3-9-25(27)23-11-10-19-12-13-29-28(26(19)17-23)18-24-8-4-14-31-30(24)32-29/h1-18H. The lowest BCUT2D eigenvalue weighted by Gasteiger charge is -2.11. The molecule has 0 saturated heterocycles. The van der Waals surface area contributed by atoms with Crippen LogP contribution < -0.4 is 0 Å². The number of pyridine rings is 2. The first-order chi connectivity index (χ1) is 15.8. The molecule has 148 valence electrons. The van der Waals surface area contributed by atoms with E-state index in [0.717, 1.165) is 21.9 Å². The van der Waals surface area contributed by atoms with Gasteiger partial charge in [-0.05, 0) is 85.9 Å². The number of fused-ring (bicyclic) bond motifs is 6. The van der Waals surface area contributed by atoms with Crippen molar-refractivity contribution < 1.29 is 0 Å². The van der Waals surface area contributed by atoms with Gasteiger partial charge in [-0.25, -0.2) is 9.97 Å².